The van der Waals surface area contributed by atoms with E-state index in [9.17, 15) is 22.4 Å². The maximum absolute atomic E-state index is 13.8. The molecule has 0 aliphatic carbocycles. The Labute approximate surface area is 225 Å². The molecule has 3 aromatic rings. The Balaban J connectivity index is 2.05. The van der Waals surface area contributed by atoms with E-state index in [1.807, 2.05) is 0 Å². The normalized spacial score (nSPS) is 12.0. The van der Waals surface area contributed by atoms with E-state index >= 15 is 0 Å². The molecule has 0 aliphatic rings. The molecule has 196 valence electrons. The number of nitrogens with one attached hydrogen (secondary N) is 1. The Morgan fingerprint density at radius 1 is 1.00 bits per heavy atom. The molecule has 0 aromatic heterocycles. The number of nitrogens with zero attached hydrogens (tertiary/aromatic N) is 2. The summed E-state index contributed by atoms with van der Waals surface area (Å²) in [6.45, 7) is 1.08. The van der Waals surface area contributed by atoms with E-state index in [0.717, 1.165) is 28.6 Å². The molecule has 0 unspecified atom stereocenters. The van der Waals surface area contributed by atoms with E-state index in [0.29, 0.717) is 15.6 Å². The number of anilines is 1. The van der Waals surface area contributed by atoms with Gasteiger partial charge in [-0.05, 0) is 60.5 Å². The largest absolute Gasteiger partial charge is 0.357 e. The van der Waals surface area contributed by atoms with Crippen LogP contribution in [0.2, 0.25) is 10.0 Å². The summed E-state index contributed by atoms with van der Waals surface area (Å²) < 4.78 is 41.6. The van der Waals surface area contributed by atoms with Gasteiger partial charge >= 0.3 is 0 Å². The molecule has 0 bridgehead atoms. The van der Waals surface area contributed by atoms with Crippen LogP contribution in [-0.4, -0.2) is 44.8 Å². The fourth-order valence-corrected chi connectivity index (χ4v) is 5.66. The molecule has 11 heteroatoms. The number of carbonyl (C=O) groups is 2. The molecule has 0 fully saturated rings. The first-order valence-electron chi connectivity index (χ1n) is 11.4. The standard InChI is InChI=1S/C26H26Cl2FN3O4S/c1-3-24(26(34)30-2)31(16-18-9-10-19(27)15-23(18)28)25(33)17-32(21-7-5-4-6-8-21)37(35,36)22-13-11-20(29)12-14-22/h4-15,24H,3,16-17H2,1-2H3,(H,30,34)/t24-/m1/s1. The molecule has 0 spiro atoms. The Bertz CT molecular complexity index is 1360. The molecule has 0 saturated carbocycles. The van der Waals surface area contributed by atoms with Gasteiger partial charge in [0.15, 0.2) is 0 Å². The van der Waals surface area contributed by atoms with E-state index in [4.69, 9.17) is 23.2 Å². The van der Waals surface area contributed by atoms with Crippen LogP contribution >= 0.6 is 23.2 Å². The van der Waals surface area contributed by atoms with Gasteiger partial charge in [-0.1, -0.05) is 54.4 Å². The maximum atomic E-state index is 13.8. The summed E-state index contributed by atoms with van der Waals surface area (Å²) in [5.41, 5.74) is 0.770. The highest BCUT2D eigenvalue weighted by Gasteiger charge is 2.33. The topological polar surface area (TPSA) is 86.8 Å². The third kappa shape index (κ3) is 6.80. The lowest BCUT2D eigenvalue weighted by Crippen LogP contribution is -2.51. The molecule has 1 N–H and O–H groups in total. The van der Waals surface area contributed by atoms with Crippen LogP contribution in [0.4, 0.5) is 10.1 Å². The smallest absolute Gasteiger partial charge is 0.264 e. The number of rotatable bonds is 10. The summed E-state index contributed by atoms with van der Waals surface area (Å²) >= 11 is 12.4. The number of para-hydroxylation sites is 1. The summed E-state index contributed by atoms with van der Waals surface area (Å²) in [6.07, 6.45) is 0.271. The number of amides is 2. The van der Waals surface area contributed by atoms with Gasteiger partial charge in [0, 0.05) is 23.6 Å². The molecule has 37 heavy (non-hydrogen) atoms. The summed E-state index contributed by atoms with van der Waals surface area (Å²) in [5, 5.41) is 3.26. The average molecular weight is 566 g/mol. The van der Waals surface area contributed by atoms with E-state index in [2.05, 4.69) is 5.32 Å². The van der Waals surface area contributed by atoms with Crippen molar-refractivity contribution in [2.75, 3.05) is 17.9 Å². The SMILES string of the molecule is CC[C@H](C(=O)NC)N(Cc1ccc(Cl)cc1Cl)C(=O)CN(c1ccccc1)S(=O)(=O)c1ccc(F)cc1. The number of halogens is 3. The van der Waals surface area contributed by atoms with Crippen LogP contribution in [-0.2, 0) is 26.2 Å². The number of hydrogen-bond donors (Lipinski definition) is 1. The van der Waals surface area contributed by atoms with Crippen LogP contribution in [0, 0.1) is 5.82 Å². The van der Waals surface area contributed by atoms with Crippen molar-refractivity contribution in [2.24, 2.45) is 0 Å². The van der Waals surface area contributed by atoms with Crippen LogP contribution in [0.3, 0.4) is 0 Å². The third-order valence-corrected chi connectivity index (χ3v) is 8.09. The number of benzene rings is 3. The van der Waals surface area contributed by atoms with Gasteiger partial charge in [-0.15, -0.1) is 0 Å². The molecular formula is C26H26Cl2FN3O4S. The van der Waals surface area contributed by atoms with Crippen molar-refractivity contribution in [3.05, 3.63) is 94.2 Å². The highest BCUT2D eigenvalue weighted by Crippen LogP contribution is 2.27. The minimum Gasteiger partial charge on any atom is -0.357 e. The van der Waals surface area contributed by atoms with Gasteiger partial charge in [-0.3, -0.25) is 13.9 Å². The summed E-state index contributed by atoms with van der Waals surface area (Å²) in [6, 6.07) is 16.3. The lowest BCUT2D eigenvalue weighted by atomic mass is 10.1. The average Bonchev–Trinajstić information content (AvgIpc) is 2.88. The molecule has 0 heterocycles. The van der Waals surface area contributed by atoms with E-state index in [1.165, 1.54) is 18.0 Å². The van der Waals surface area contributed by atoms with Crippen LogP contribution in [0.5, 0.6) is 0 Å². The lowest BCUT2D eigenvalue weighted by molar-refractivity contribution is -0.140. The van der Waals surface area contributed by atoms with Crippen molar-refractivity contribution in [2.45, 2.75) is 30.8 Å². The van der Waals surface area contributed by atoms with Crippen LogP contribution in [0.25, 0.3) is 0 Å². The Hall–Kier alpha value is -3.14. The van der Waals surface area contributed by atoms with Crippen molar-refractivity contribution in [1.29, 1.82) is 0 Å². The third-order valence-electron chi connectivity index (χ3n) is 5.71. The summed E-state index contributed by atoms with van der Waals surface area (Å²) in [7, 11) is -2.81. The summed E-state index contributed by atoms with van der Waals surface area (Å²) in [5.74, 6) is -1.63. The van der Waals surface area contributed by atoms with Crippen LogP contribution < -0.4 is 9.62 Å². The van der Waals surface area contributed by atoms with Gasteiger partial charge < -0.3 is 10.2 Å². The second-order valence-electron chi connectivity index (χ2n) is 8.10. The zero-order valence-corrected chi connectivity index (χ0v) is 22.5. The monoisotopic (exact) mass is 565 g/mol. The molecule has 7 nitrogen and oxygen atoms in total. The molecule has 3 rings (SSSR count). The van der Waals surface area contributed by atoms with E-state index in [-0.39, 0.29) is 23.5 Å². The fraction of sp³-hybridized carbons (Fsp3) is 0.231. The zero-order chi connectivity index (χ0) is 27.2. The highest BCUT2D eigenvalue weighted by atomic mass is 35.5. The number of likely N-dealkylation sites (N-methyl/N-ethyl adjacent to an activating group) is 1. The predicted octanol–water partition coefficient (Wildman–Crippen LogP) is 4.88. The lowest BCUT2D eigenvalue weighted by Gasteiger charge is -2.33. The van der Waals surface area contributed by atoms with E-state index in [1.54, 1.807) is 49.4 Å². The van der Waals surface area contributed by atoms with Gasteiger partial charge in [0.25, 0.3) is 10.0 Å². The van der Waals surface area contributed by atoms with Gasteiger partial charge in [-0.25, -0.2) is 12.8 Å². The Morgan fingerprint density at radius 2 is 1.65 bits per heavy atom. The minimum atomic E-state index is -4.27. The molecule has 3 aromatic carbocycles. The second-order valence-corrected chi connectivity index (χ2v) is 10.8. The quantitative estimate of drug-likeness (QED) is 0.379. The second kappa shape index (κ2) is 12.4. The molecule has 0 saturated heterocycles. The molecule has 2 amide bonds. The highest BCUT2D eigenvalue weighted by molar-refractivity contribution is 7.92. The predicted molar refractivity (Wildman–Crippen MR) is 143 cm³/mol. The van der Waals surface area contributed by atoms with Gasteiger partial charge in [0.05, 0.1) is 10.6 Å². The Kier molecular flexibility index (Phi) is 9.53. The van der Waals surface area contributed by atoms with Gasteiger partial charge in [0.1, 0.15) is 18.4 Å². The minimum absolute atomic E-state index is 0.0556. The van der Waals surface area contributed by atoms with Crippen LogP contribution in [0.15, 0.2) is 77.7 Å². The van der Waals surface area contributed by atoms with E-state index < -0.39 is 40.2 Å². The number of sulfonamides is 1. The molecule has 1 atom stereocenters. The van der Waals surface area contributed by atoms with Crippen molar-refractivity contribution in [3.8, 4) is 0 Å². The molecule has 0 radical (unpaired) electrons. The zero-order valence-electron chi connectivity index (χ0n) is 20.2. The van der Waals surface area contributed by atoms with Crippen LogP contribution in [0.1, 0.15) is 18.9 Å². The van der Waals surface area contributed by atoms with Crippen molar-refractivity contribution in [1.82, 2.24) is 10.2 Å². The Morgan fingerprint density at radius 3 is 2.22 bits per heavy atom. The fourth-order valence-electron chi connectivity index (χ4n) is 3.78. The number of hydrogen-bond acceptors (Lipinski definition) is 4. The summed E-state index contributed by atoms with van der Waals surface area (Å²) in [4.78, 5) is 27.6. The molecular weight excluding hydrogens is 540 g/mol. The first kappa shape index (κ1) is 28.4. The number of carbonyl (C=O) groups excluding carboxylic acids is 2. The van der Waals surface area contributed by atoms with Crippen molar-refractivity contribution in [3.63, 3.8) is 0 Å². The van der Waals surface area contributed by atoms with Gasteiger partial charge in [-0.2, -0.15) is 0 Å². The van der Waals surface area contributed by atoms with Gasteiger partial charge in [0.2, 0.25) is 11.8 Å². The van der Waals surface area contributed by atoms with Crippen molar-refractivity contribution >= 4 is 50.7 Å². The first-order valence-corrected chi connectivity index (χ1v) is 13.6. The van der Waals surface area contributed by atoms with Crippen molar-refractivity contribution < 1.29 is 22.4 Å². The maximum Gasteiger partial charge on any atom is 0.264 e. The first-order chi connectivity index (χ1) is 17.6. The molecule has 0 aliphatic heterocycles.